The summed E-state index contributed by atoms with van der Waals surface area (Å²) in [5, 5.41) is 0. The lowest BCUT2D eigenvalue weighted by Crippen LogP contribution is -2.10. The average Bonchev–Trinajstić information content (AvgIpc) is 3.07. The van der Waals surface area contributed by atoms with Gasteiger partial charge in [-0.25, -0.2) is 8.42 Å². The first kappa shape index (κ1) is 13.6. The summed E-state index contributed by atoms with van der Waals surface area (Å²) in [6.07, 6.45) is 1.54. The van der Waals surface area contributed by atoms with Crippen molar-refractivity contribution < 1.29 is 13.2 Å². The van der Waals surface area contributed by atoms with Gasteiger partial charge in [0.05, 0.1) is 22.9 Å². The Bertz CT molecular complexity index is 522. The summed E-state index contributed by atoms with van der Waals surface area (Å²) < 4.78 is 29.1. The second-order valence-electron chi connectivity index (χ2n) is 5.04. The molecule has 0 amide bonds. The highest BCUT2D eigenvalue weighted by molar-refractivity contribution is 7.91. The molecule has 1 aliphatic rings. The van der Waals surface area contributed by atoms with Crippen molar-refractivity contribution in [1.29, 1.82) is 0 Å². The van der Waals surface area contributed by atoms with Crippen molar-refractivity contribution in [2.45, 2.75) is 44.3 Å². The zero-order valence-corrected chi connectivity index (χ0v) is 11.9. The van der Waals surface area contributed by atoms with Crippen LogP contribution >= 0.6 is 0 Å². The minimum atomic E-state index is -3.10. The normalized spacial score (nSPS) is 24.8. The fourth-order valence-electron chi connectivity index (χ4n) is 2.32. The minimum absolute atomic E-state index is 0.148. The van der Waals surface area contributed by atoms with Gasteiger partial charge in [0.25, 0.3) is 0 Å². The molecule has 0 radical (unpaired) electrons. The van der Waals surface area contributed by atoms with Crippen LogP contribution in [-0.2, 0) is 21.0 Å². The molecule has 1 aromatic rings. The molecule has 1 aromatic carbocycles. The van der Waals surface area contributed by atoms with Gasteiger partial charge in [-0.15, -0.1) is 0 Å². The lowest BCUT2D eigenvalue weighted by atomic mass is 9.97. The highest BCUT2D eigenvalue weighted by atomic mass is 32.2. The summed E-state index contributed by atoms with van der Waals surface area (Å²) in [5.74, 6) is 0.578. The first-order chi connectivity index (χ1) is 8.44. The van der Waals surface area contributed by atoms with Crippen LogP contribution in [0.25, 0.3) is 0 Å². The predicted octanol–water partition coefficient (Wildman–Crippen LogP) is 2.45. The van der Waals surface area contributed by atoms with E-state index in [1.54, 1.807) is 19.1 Å². The van der Waals surface area contributed by atoms with Crippen molar-refractivity contribution in [3.05, 3.63) is 29.8 Å². The highest BCUT2D eigenvalue weighted by Gasteiger charge is 2.38. The second-order valence-corrected chi connectivity index (χ2v) is 7.32. The number of ether oxygens (including phenoxy) is 1. The van der Waals surface area contributed by atoms with Crippen molar-refractivity contribution >= 4 is 9.84 Å². The summed E-state index contributed by atoms with van der Waals surface area (Å²) in [6.45, 7) is 5.89. The molecule has 0 saturated carbocycles. The van der Waals surface area contributed by atoms with E-state index >= 15 is 0 Å². The molecule has 0 spiro atoms. The largest absolute Gasteiger partial charge is 0.370 e. The maximum absolute atomic E-state index is 11.8. The Morgan fingerprint density at radius 2 is 2.06 bits per heavy atom. The van der Waals surface area contributed by atoms with Gasteiger partial charge in [-0.2, -0.15) is 0 Å². The van der Waals surface area contributed by atoms with Gasteiger partial charge in [0.2, 0.25) is 0 Å². The van der Waals surface area contributed by atoms with Crippen molar-refractivity contribution in [1.82, 2.24) is 0 Å². The number of sulfone groups is 1. The van der Waals surface area contributed by atoms with Crippen LogP contribution in [0.15, 0.2) is 29.2 Å². The van der Waals surface area contributed by atoms with E-state index in [0.717, 1.165) is 12.0 Å². The Labute approximate surface area is 109 Å². The molecule has 1 saturated heterocycles. The van der Waals surface area contributed by atoms with Gasteiger partial charge < -0.3 is 4.74 Å². The zero-order chi connectivity index (χ0) is 13.3. The highest BCUT2D eigenvalue weighted by Crippen LogP contribution is 2.31. The first-order valence-corrected chi connectivity index (χ1v) is 8.06. The molecule has 1 aliphatic heterocycles. The Hall–Kier alpha value is -0.870. The van der Waals surface area contributed by atoms with E-state index in [0.29, 0.717) is 23.0 Å². The van der Waals surface area contributed by atoms with Gasteiger partial charge in [0.15, 0.2) is 9.84 Å². The van der Waals surface area contributed by atoms with E-state index < -0.39 is 9.84 Å². The minimum Gasteiger partial charge on any atom is -0.370 e. The molecule has 18 heavy (non-hydrogen) atoms. The number of rotatable bonds is 5. The van der Waals surface area contributed by atoms with Crippen LogP contribution in [-0.4, -0.2) is 26.4 Å². The molecule has 3 atom stereocenters. The van der Waals surface area contributed by atoms with Gasteiger partial charge in [-0.05, 0) is 37.0 Å². The average molecular weight is 268 g/mol. The zero-order valence-electron chi connectivity index (χ0n) is 11.1. The lowest BCUT2D eigenvalue weighted by Gasteiger charge is -2.10. The predicted molar refractivity (Wildman–Crippen MR) is 71.4 cm³/mol. The van der Waals surface area contributed by atoms with Crippen LogP contribution in [0.2, 0.25) is 0 Å². The topological polar surface area (TPSA) is 46.7 Å². The molecular weight excluding hydrogens is 248 g/mol. The smallest absolute Gasteiger partial charge is 0.178 e. The Morgan fingerprint density at radius 1 is 1.39 bits per heavy atom. The number of hydrogen-bond donors (Lipinski definition) is 0. The summed E-state index contributed by atoms with van der Waals surface area (Å²) in [6, 6.07) is 7.27. The van der Waals surface area contributed by atoms with Crippen LogP contribution in [0.4, 0.5) is 0 Å². The monoisotopic (exact) mass is 268 g/mol. The third kappa shape index (κ3) is 2.93. The summed E-state index contributed by atoms with van der Waals surface area (Å²) in [5.41, 5.74) is 1.07. The second kappa shape index (κ2) is 5.02. The molecule has 3 nitrogen and oxygen atoms in total. The SMILES string of the molecule is CCS(=O)(=O)c1cccc(CC(C)C2OC2C)c1. The molecular formula is C14H20O3S. The lowest BCUT2D eigenvalue weighted by molar-refractivity contribution is 0.328. The van der Waals surface area contributed by atoms with Gasteiger partial charge in [-0.1, -0.05) is 26.0 Å². The Balaban J connectivity index is 2.13. The van der Waals surface area contributed by atoms with Gasteiger partial charge >= 0.3 is 0 Å². The van der Waals surface area contributed by atoms with Crippen molar-refractivity contribution in [2.24, 2.45) is 5.92 Å². The third-order valence-corrected chi connectivity index (χ3v) is 5.25. The van der Waals surface area contributed by atoms with Crippen LogP contribution in [0.5, 0.6) is 0 Å². The molecule has 3 unspecified atom stereocenters. The Morgan fingerprint density at radius 3 is 2.61 bits per heavy atom. The molecule has 100 valence electrons. The van der Waals surface area contributed by atoms with Crippen molar-refractivity contribution in [3.63, 3.8) is 0 Å². The van der Waals surface area contributed by atoms with E-state index in [-0.39, 0.29) is 5.75 Å². The van der Waals surface area contributed by atoms with Crippen LogP contribution in [0.3, 0.4) is 0 Å². The third-order valence-electron chi connectivity index (χ3n) is 3.51. The van der Waals surface area contributed by atoms with Gasteiger partial charge in [0, 0.05) is 0 Å². The summed E-state index contributed by atoms with van der Waals surface area (Å²) in [4.78, 5) is 0.430. The molecule has 2 rings (SSSR count). The fraction of sp³-hybridized carbons (Fsp3) is 0.571. The van der Waals surface area contributed by atoms with Crippen LogP contribution < -0.4 is 0 Å². The quantitative estimate of drug-likeness (QED) is 0.771. The molecule has 0 aliphatic carbocycles. The maximum Gasteiger partial charge on any atom is 0.178 e. The summed E-state index contributed by atoms with van der Waals surface area (Å²) >= 11 is 0. The van der Waals surface area contributed by atoms with E-state index in [9.17, 15) is 8.42 Å². The van der Waals surface area contributed by atoms with E-state index in [1.165, 1.54) is 0 Å². The standard InChI is InChI=1S/C14H20O3S/c1-4-18(15,16)13-7-5-6-12(9-13)8-10(2)14-11(3)17-14/h5-7,9-11,14H,4,8H2,1-3H3. The Kier molecular flexibility index (Phi) is 3.78. The molecule has 1 fully saturated rings. The first-order valence-electron chi connectivity index (χ1n) is 6.41. The number of hydrogen-bond acceptors (Lipinski definition) is 3. The van der Waals surface area contributed by atoms with Crippen molar-refractivity contribution in [3.8, 4) is 0 Å². The number of epoxide rings is 1. The maximum atomic E-state index is 11.8. The van der Waals surface area contributed by atoms with Crippen LogP contribution in [0.1, 0.15) is 26.3 Å². The molecule has 0 aromatic heterocycles. The van der Waals surface area contributed by atoms with Crippen molar-refractivity contribution in [2.75, 3.05) is 5.75 Å². The van der Waals surface area contributed by atoms with Crippen LogP contribution in [0, 0.1) is 5.92 Å². The van der Waals surface area contributed by atoms with E-state index in [2.05, 4.69) is 13.8 Å². The van der Waals surface area contributed by atoms with Gasteiger partial charge in [0.1, 0.15) is 0 Å². The summed E-state index contributed by atoms with van der Waals surface area (Å²) in [7, 11) is -3.10. The van der Waals surface area contributed by atoms with Gasteiger partial charge in [-0.3, -0.25) is 0 Å². The molecule has 0 N–H and O–H groups in total. The number of benzene rings is 1. The molecule has 0 bridgehead atoms. The van der Waals surface area contributed by atoms with E-state index in [1.807, 2.05) is 12.1 Å². The van der Waals surface area contributed by atoms with E-state index in [4.69, 9.17) is 4.74 Å². The fourth-order valence-corrected chi connectivity index (χ4v) is 3.27. The molecule has 4 heteroatoms. The molecule has 1 heterocycles.